The molecule has 1 unspecified atom stereocenters. The summed E-state index contributed by atoms with van der Waals surface area (Å²) >= 11 is 5.79. The number of halogens is 6. The van der Waals surface area contributed by atoms with Crippen LogP contribution in [0.5, 0.6) is 0 Å². The van der Waals surface area contributed by atoms with Gasteiger partial charge in [-0.1, -0.05) is 11.6 Å². The number of rotatable bonds is 4. The van der Waals surface area contributed by atoms with Crippen molar-refractivity contribution in [2.45, 2.75) is 25.6 Å². The van der Waals surface area contributed by atoms with Crippen molar-refractivity contribution in [2.24, 2.45) is 0 Å². The number of hydrogen-bond acceptors (Lipinski definition) is 3. The van der Waals surface area contributed by atoms with Crippen LogP contribution < -0.4 is 5.32 Å². The summed E-state index contributed by atoms with van der Waals surface area (Å²) in [6.07, 6.45) is -3.08. The van der Waals surface area contributed by atoms with Gasteiger partial charge in [0.05, 0.1) is 0 Å². The maximum absolute atomic E-state index is 13.3. The van der Waals surface area contributed by atoms with Crippen molar-refractivity contribution < 1.29 is 26.7 Å². The molecule has 0 saturated heterocycles. The van der Waals surface area contributed by atoms with Crippen LogP contribution in [0.3, 0.4) is 0 Å². The molecule has 1 aromatic carbocycles. The average Bonchev–Trinajstić information content (AvgIpc) is 2.51. The lowest BCUT2D eigenvalue weighted by molar-refractivity contribution is -0.141. The zero-order valence-corrected chi connectivity index (χ0v) is 13.4. The van der Waals surface area contributed by atoms with Gasteiger partial charge in [0.25, 0.3) is 5.91 Å². The Balaban J connectivity index is 2.15. The minimum atomic E-state index is -4.84. The highest BCUT2D eigenvalue weighted by Crippen LogP contribution is 2.29. The summed E-state index contributed by atoms with van der Waals surface area (Å²) in [4.78, 5) is 18.6. The molecule has 0 aliphatic rings. The Kier molecular flexibility index (Phi) is 5.56. The molecule has 1 N–H and O–H groups in total. The number of nitrogens with one attached hydrogen (secondary N) is 1. The topological polar surface area (TPSA) is 54.9 Å². The number of carbonyl (C=O) groups excluding carboxylic acids is 1. The van der Waals surface area contributed by atoms with Gasteiger partial charge < -0.3 is 5.32 Å². The van der Waals surface area contributed by atoms with Gasteiger partial charge in [-0.3, -0.25) is 4.79 Å². The summed E-state index contributed by atoms with van der Waals surface area (Å²) in [5.41, 5.74) is -2.09. The Morgan fingerprint density at radius 1 is 1.20 bits per heavy atom. The highest BCUT2D eigenvalue weighted by molar-refractivity contribution is 6.31. The van der Waals surface area contributed by atoms with Gasteiger partial charge in [-0.05, 0) is 31.0 Å². The maximum atomic E-state index is 13.3. The van der Waals surface area contributed by atoms with Crippen molar-refractivity contribution in [1.82, 2.24) is 15.3 Å². The molecule has 0 saturated carbocycles. The SMILES string of the molecule is CC(Cc1cc(F)c(F)cc1Cl)NC(=O)c1nccnc1C(F)(F)F. The van der Waals surface area contributed by atoms with Gasteiger partial charge in [0, 0.05) is 23.5 Å². The van der Waals surface area contributed by atoms with Crippen molar-refractivity contribution in [2.75, 3.05) is 0 Å². The lowest BCUT2D eigenvalue weighted by Gasteiger charge is -2.16. The van der Waals surface area contributed by atoms with Crippen LogP contribution in [0.25, 0.3) is 0 Å². The van der Waals surface area contributed by atoms with Crippen molar-refractivity contribution in [3.8, 4) is 0 Å². The zero-order valence-electron chi connectivity index (χ0n) is 12.7. The van der Waals surface area contributed by atoms with Crippen LogP contribution in [0.1, 0.15) is 28.7 Å². The monoisotopic (exact) mass is 379 g/mol. The minimum absolute atomic E-state index is 0.0244. The molecule has 0 bridgehead atoms. The maximum Gasteiger partial charge on any atom is 0.435 e. The van der Waals surface area contributed by atoms with Crippen LogP contribution in [0.15, 0.2) is 24.5 Å². The summed E-state index contributed by atoms with van der Waals surface area (Å²) in [6.45, 7) is 1.47. The first kappa shape index (κ1) is 19.0. The Morgan fingerprint density at radius 2 is 1.80 bits per heavy atom. The fraction of sp³-hybridized carbons (Fsp3) is 0.267. The largest absolute Gasteiger partial charge is 0.435 e. The average molecular weight is 380 g/mol. The van der Waals surface area contributed by atoms with E-state index in [1.807, 2.05) is 0 Å². The summed E-state index contributed by atoms with van der Waals surface area (Å²) in [5, 5.41) is 2.24. The molecule has 134 valence electrons. The van der Waals surface area contributed by atoms with Crippen LogP contribution in [-0.2, 0) is 12.6 Å². The molecule has 0 radical (unpaired) electrons. The molecule has 4 nitrogen and oxygen atoms in total. The van der Waals surface area contributed by atoms with Crippen LogP contribution >= 0.6 is 11.6 Å². The fourth-order valence-corrected chi connectivity index (χ4v) is 2.33. The van der Waals surface area contributed by atoms with Gasteiger partial charge in [-0.2, -0.15) is 13.2 Å². The van der Waals surface area contributed by atoms with E-state index >= 15 is 0 Å². The van der Waals surface area contributed by atoms with Gasteiger partial charge in [0.2, 0.25) is 0 Å². The van der Waals surface area contributed by atoms with E-state index in [4.69, 9.17) is 11.6 Å². The fourth-order valence-electron chi connectivity index (χ4n) is 2.10. The van der Waals surface area contributed by atoms with Crippen molar-refractivity contribution >= 4 is 17.5 Å². The first-order valence-corrected chi connectivity index (χ1v) is 7.30. The smallest absolute Gasteiger partial charge is 0.348 e. The van der Waals surface area contributed by atoms with Crippen LogP contribution in [0, 0.1) is 11.6 Å². The van der Waals surface area contributed by atoms with Crippen molar-refractivity contribution in [3.63, 3.8) is 0 Å². The highest BCUT2D eigenvalue weighted by Gasteiger charge is 2.38. The molecule has 1 amide bonds. The van der Waals surface area contributed by atoms with E-state index in [-0.39, 0.29) is 17.0 Å². The zero-order chi connectivity index (χ0) is 18.8. The van der Waals surface area contributed by atoms with Crippen LogP contribution in [-0.4, -0.2) is 21.9 Å². The van der Waals surface area contributed by atoms with Crippen LogP contribution in [0.4, 0.5) is 22.0 Å². The number of alkyl halides is 3. The second-order valence-corrected chi connectivity index (χ2v) is 5.59. The molecule has 0 fully saturated rings. The van der Waals surface area contributed by atoms with Crippen LogP contribution in [0.2, 0.25) is 5.02 Å². The van der Waals surface area contributed by atoms with Gasteiger partial charge in [0.15, 0.2) is 23.0 Å². The first-order chi connectivity index (χ1) is 11.6. The summed E-state index contributed by atoms with van der Waals surface area (Å²) in [5.74, 6) is -3.34. The quantitative estimate of drug-likeness (QED) is 0.649. The van der Waals surface area contributed by atoms with E-state index in [9.17, 15) is 26.7 Å². The van der Waals surface area contributed by atoms with E-state index < -0.39 is 41.1 Å². The molecule has 1 atom stereocenters. The highest BCUT2D eigenvalue weighted by atomic mass is 35.5. The van der Waals surface area contributed by atoms with E-state index in [0.717, 1.165) is 24.5 Å². The van der Waals surface area contributed by atoms with E-state index in [2.05, 4.69) is 15.3 Å². The second kappa shape index (κ2) is 7.30. The summed E-state index contributed by atoms with van der Waals surface area (Å²) in [7, 11) is 0. The number of amides is 1. The van der Waals surface area contributed by atoms with Gasteiger partial charge in [-0.25, -0.2) is 18.7 Å². The molecule has 0 aliphatic heterocycles. The predicted octanol–water partition coefficient (Wildman–Crippen LogP) is 3.79. The molecule has 1 aromatic heterocycles. The van der Waals surface area contributed by atoms with Crippen molar-refractivity contribution in [3.05, 3.63) is 58.1 Å². The molecule has 25 heavy (non-hydrogen) atoms. The van der Waals surface area contributed by atoms with Gasteiger partial charge in [0.1, 0.15) is 0 Å². The third-order valence-electron chi connectivity index (χ3n) is 3.17. The van der Waals surface area contributed by atoms with Gasteiger partial charge >= 0.3 is 6.18 Å². The molecule has 0 aliphatic carbocycles. The number of hydrogen-bond donors (Lipinski definition) is 1. The Hall–Kier alpha value is -2.29. The van der Waals surface area contributed by atoms with Crippen molar-refractivity contribution in [1.29, 1.82) is 0 Å². The predicted molar refractivity (Wildman–Crippen MR) is 79.0 cm³/mol. The first-order valence-electron chi connectivity index (χ1n) is 6.92. The van der Waals surface area contributed by atoms with E-state index in [1.165, 1.54) is 6.92 Å². The third kappa shape index (κ3) is 4.62. The molecule has 2 rings (SSSR count). The van der Waals surface area contributed by atoms with E-state index in [1.54, 1.807) is 0 Å². The third-order valence-corrected chi connectivity index (χ3v) is 3.53. The Labute approximate surface area is 144 Å². The number of nitrogens with zero attached hydrogens (tertiary/aromatic N) is 2. The summed E-state index contributed by atoms with van der Waals surface area (Å²) < 4.78 is 64.8. The lowest BCUT2D eigenvalue weighted by Crippen LogP contribution is -2.36. The van der Waals surface area contributed by atoms with Gasteiger partial charge in [-0.15, -0.1) is 0 Å². The molecular formula is C15H11ClF5N3O. The Morgan fingerprint density at radius 3 is 2.44 bits per heavy atom. The van der Waals surface area contributed by atoms with E-state index in [0.29, 0.717) is 0 Å². The lowest BCUT2D eigenvalue weighted by atomic mass is 10.1. The minimum Gasteiger partial charge on any atom is -0.348 e. The summed E-state index contributed by atoms with van der Waals surface area (Å²) in [6, 6.07) is 0.924. The molecule has 0 spiro atoms. The molecule has 1 heterocycles. The Bertz CT molecular complexity index is 797. The standard InChI is InChI=1S/C15H11ClF5N3O/c1-7(4-8-5-10(17)11(18)6-9(8)16)24-14(25)12-13(15(19,20)21)23-3-2-22-12/h2-3,5-7H,4H2,1H3,(H,24,25). The normalized spacial score (nSPS) is 12.8. The number of carbonyl (C=O) groups is 1. The molecule has 10 heteroatoms. The molecular weight excluding hydrogens is 369 g/mol. The second-order valence-electron chi connectivity index (χ2n) is 5.19. The molecule has 2 aromatic rings. The number of benzene rings is 1. The number of aromatic nitrogens is 2.